The molecule has 1 nitrogen and oxygen atoms in total. The van der Waals surface area contributed by atoms with E-state index in [1.165, 1.54) is 60.8 Å². The van der Waals surface area contributed by atoms with Crippen LogP contribution in [0, 0.1) is 6.92 Å². The van der Waals surface area contributed by atoms with Gasteiger partial charge in [-0.15, -0.1) is 0 Å². The topological polar surface area (TPSA) is 12.0 Å². The summed E-state index contributed by atoms with van der Waals surface area (Å²) < 4.78 is 0. The zero-order valence-corrected chi connectivity index (χ0v) is 25.5. The van der Waals surface area contributed by atoms with Gasteiger partial charge in [-0.05, 0) is 86.9 Å². The van der Waals surface area contributed by atoms with Crippen molar-refractivity contribution in [3.8, 4) is 0 Å². The Balaban J connectivity index is 1.26. The first-order valence-electron chi connectivity index (χ1n) is 14.5. The predicted octanol–water partition coefficient (Wildman–Crippen LogP) is 11.2. The zero-order valence-electron chi connectivity index (χ0n) is 24.7. The van der Waals surface area contributed by atoms with Crippen LogP contribution >= 0.6 is 11.6 Å². The van der Waals surface area contributed by atoms with Gasteiger partial charge in [-0.25, -0.2) is 0 Å². The van der Waals surface area contributed by atoms with E-state index in [0.717, 1.165) is 23.4 Å². The van der Waals surface area contributed by atoms with E-state index in [9.17, 15) is 0 Å². The molecule has 0 fully saturated rings. The Kier molecular flexibility index (Phi) is 6.83. The summed E-state index contributed by atoms with van der Waals surface area (Å²) in [4.78, 5) is 0. The molecule has 1 aliphatic carbocycles. The quantitative estimate of drug-likeness (QED) is 0.241. The molecule has 2 heteroatoms. The number of benzene rings is 4. The molecule has 0 unspecified atom stereocenters. The first kappa shape index (κ1) is 27.4. The number of anilines is 1. The van der Waals surface area contributed by atoms with Gasteiger partial charge in [0.15, 0.2) is 0 Å². The maximum absolute atomic E-state index is 6.97. The van der Waals surface area contributed by atoms with Crippen molar-refractivity contribution in [2.24, 2.45) is 0 Å². The maximum atomic E-state index is 6.97. The highest BCUT2D eigenvalue weighted by molar-refractivity contribution is 6.33. The number of allylic oxidation sites excluding steroid dienone is 9. The third kappa shape index (κ3) is 4.67. The van der Waals surface area contributed by atoms with Crippen molar-refractivity contribution < 1.29 is 0 Å². The van der Waals surface area contributed by atoms with Crippen molar-refractivity contribution in [1.82, 2.24) is 0 Å². The van der Waals surface area contributed by atoms with Crippen molar-refractivity contribution in [2.45, 2.75) is 58.3 Å². The second-order valence-electron chi connectivity index (χ2n) is 12.5. The lowest BCUT2D eigenvalue weighted by molar-refractivity contribution is 0.643. The van der Waals surface area contributed by atoms with Crippen LogP contribution in [-0.2, 0) is 10.8 Å². The SMILES string of the molecule is C=C(/C=C/C1=C(Cl)C(=C/C=C2/Nc3ccc4ccccc4c3C2(C)C)/CC1)C(C)(C)c1c(C)ccc2ccccc12. The summed E-state index contributed by atoms with van der Waals surface area (Å²) in [6.45, 7) is 15.9. The van der Waals surface area contributed by atoms with Crippen molar-refractivity contribution >= 4 is 38.8 Å². The highest BCUT2D eigenvalue weighted by Gasteiger charge is 2.36. The number of fused-ring (bicyclic) bond motifs is 4. The van der Waals surface area contributed by atoms with E-state index in [1.54, 1.807) is 0 Å². The normalized spacial score (nSPS) is 18.7. The number of nitrogens with one attached hydrogen (secondary N) is 1. The summed E-state index contributed by atoms with van der Waals surface area (Å²) in [5, 5.41) is 9.70. The summed E-state index contributed by atoms with van der Waals surface area (Å²) >= 11 is 6.97. The Hall–Kier alpha value is -3.81. The van der Waals surface area contributed by atoms with Crippen molar-refractivity contribution in [3.05, 3.63) is 148 Å². The fourth-order valence-electron chi connectivity index (χ4n) is 6.71. The molecule has 0 spiro atoms. The van der Waals surface area contributed by atoms with Crippen LogP contribution in [0.25, 0.3) is 21.5 Å². The summed E-state index contributed by atoms with van der Waals surface area (Å²) in [6, 6.07) is 26.1. The first-order valence-corrected chi connectivity index (χ1v) is 14.9. The van der Waals surface area contributed by atoms with Crippen LogP contribution in [0.1, 0.15) is 57.2 Å². The van der Waals surface area contributed by atoms with Gasteiger partial charge in [0, 0.05) is 27.2 Å². The van der Waals surface area contributed by atoms with E-state index < -0.39 is 0 Å². The van der Waals surface area contributed by atoms with Gasteiger partial charge in [-0.1, -0.05) is 131 Å². The minimum Gasteiger partial charge on any atom is -0.358 e. The molecule has 206 valence electrons. The summed E-state index contributed by atoms with van der Waals surface area (Å²) in [7, 11) is 0. The third-order valence-corrected chi connectivity index (χ3v) is 9.71. The number of hydrogen-bond acceptors (Lipinski definition) is 1. The molecule has 0 amide bonds. The molecule has 4 aromatic carbocycles. The second-order valence-corrected chi connectivity index (χ2v) is 12.9. The molecule has 0 aromatic heterocycles. The van der Waals surface area contributed by atoms with Gasteiger partial charge in [0.2, 0.25) is 0 Å². The summed E-state index contributed by atoms with van der Waals surface area (Å²) in [5.41, 5.74) is 9.49. The predicted molar refractivity (Wildman–Crippen MR) is 179 cm³/mol. The summed E-state index contributed by atoms with van der Waals surface area (Å²) in [6.07, 6.45) is 10.7. The molecule has 6 rings (SSSR count). The Morgan fingerprint density at radius 3 is 2.29 bits per heavy atom. The molecule has 1 aliphatic heterocycles. The second kappa shape index (κ2) is 10.2. The molecule has 2 aliphatic rings. The fraction of sp³-hybridized carbons (Fsp3) is 0.231. The first-order chi connectivity index (χ1) is 19.6. The highest BCUT2D eigenvalue weighted by atomic mass is 35.5. The van der Waals surface area contributed by atoms with Crippen LogP contribution in [0.3, 0.4) is 0 Å². The lowest BCUT2D eigenvalue weighted by Crippen LogP contribution is -2.20. The van der Waals surface area contributed by atoms with E-state index in [1.807, 2.05) is 0 Å². The smallest absolute Gasteiger partial charge is 0.0470 e. The number of rotatable bonds is 5. The van der Waals surface area contributed by atoms with Gasteiger partial charge >= 0.3 is 0 Å². The molecule has 0 bridgehead atoms. The van der Waals surface area contributed by atoms with E-state index in [2.05, 4.69) is 144 Å². The van der Waals surface area contributed by atoms with Gasteiger partial charge in [0.25, 0.3) is 0 Å². The van der Waals surface area contributed by atoms with Crippen molar-refractivity contribution in [1.29, 1.82) is 0 Å². The lowest BCUT2D eigenvalue weighted by Gasteiger charge is -2.30. The summed E-state index contributed by atoms with van der Waals surface area (Å²) in [5.74, 6) is 0. The van der Waals surface area contributed by atoms with Gasteiger partial charge in [0.05, 0.1) is 0 Å². The van der Waals surface area contributed by atoms with Gasteiger partial charge in [0.1, 0.15) is 0 Å². The van der Waals surface area contributed by atoms with Crippen LogP contribution in [0.4, 0.5) is 5.69 Å². The van der Waals surface area contributed by atoms with Crippen molar-refractivity contribution in [2.75, 3.05) is 5.32 Å². The molecule has 0 radical (unpaired) electrons. The molecule has 0 saturated carbocycles. The fourth-order valence-corrected chi connectivity index (χ4v) is 7.02. The third-order valence-electron chi connectivity index (χ3n) is 9.23. The van der Waals surface area contributed by atoms with Crippen LogP contribution < -0.4 is 5.32 Å². The minimum atomic E-state index is -0.213. The molecular formula is C39H38ClN. The maximum Gasteiger partial charge on any atom is 0.0470 e. The molecule has 4 aromatic rings. The monoisotopic (exact) mass is 555 g/mol. The largest absolute Gasteiger partial charge is 0.358 e. The number of hydrogen-bond donors (Lipinski definition) is 1. The number of halogens is 1. The Bertz CT molecular complexity index is 1840. The molecule has 0 saturated heterocycles. The van der Waals surface area contributed by atoms with Gasteiger partial charge < -0.3 is 5.32 Å². The number of aryl methyl sites for hydroxylation is 1. The molecule has 1 heterocycles. The van der Waals surface area contributed by atoms with Crippen LogP contribution in [0.15, 0.2) is 131 Å². The molecular weight excluding hydrogens is 518 g/mol. The van der Waals surface area contributed by atoms with Crippen LogP contribution in [0.5, 0.6) is 0 Å². The molecule has 1 N–H and O–H groups in total. The van der Waals surface area contributed by atoms with Gasteiger partial charge in [-0.2, -0.15) is 0 Å². The van der Waals surface area contributed by atoms with E-state index >= 15 is 0 Å². The minimum absolute atomic E-state index is 0.117. The Labute approximate surface area is 249 Å². The van der Waals surface area contributed by atoms with Gasteiger partial charge in [-0.3, -0.25) is 0 Å². The van der Waals surface area contributed by atoms with Crippen LogP contribution in [0.2, 0.25) is 0 Å². The van der Waals surface area contributed by atoms with E-state index in [4.69, 9.17) is 11.6 Å². The zero-order chi connectivity index (χ0) is 28.9. The average Bonchev–Trinajstić information content (AvgIpc) is 3.44. The molecule has 0 atom stereocenters. The van der Waals surface area contributed by atoms with E-state index in [0.29, 0.717) is 0 Å². The Morgan fingerprint density at radius 1 is 0.878 bits per heavy atom. The standard InChI is InChI=1S/C39H38ClN/c1-25-15-17-27-11-7-9-13-31(27)35(25)38(3,4)26(2)16-18-29-19-20-30(37(29)40)22-24-34-39(5,6)36-32-14-10-8-12-28(32)21-23-33(36)41-34/h7-18,21-24,41H,2,19-20H2,1,3-6H3/b18-16+,30-22+,34-24+. The average molecular weight is 556 g/mol. The van der Waals surface area contributed by atoms with Crippen LogP contribution in [-0.4, -0.2) is 0 Å². The Morgan fingerprint density at radius 2 is 1.54 bits per heavy atom. The highest BCUT2D eigenvalue weighted by Crippen LogP contribution is 2.47. The van der Waals surface area contributed by atoms with E-state index in [-0.39, 0.29) is 10.8 Å². The lowest BCUT2D eigenvalue weighted by atomic mass is 9.74. The van der Waals surface area contributed by atoms with Crippen molar-refractivity contribution in [3.63, 3.8) is 0 Å². The molecule has 41 heavy (non-hydrogen) atoms.